The second-order valence-corrected chi connectivity index (χ2v) is 12.3. The van der Waals surface area contributed by atoms with Gasteiger partial charge in [-0.1, -0.05) is 64.4 Å². The average molecular weight is 548 g/mol. The van der Waals surface area contributed by atoms with Crippen LogP contribution in [0.15, 0.2) is 53.9 Å². The van der Waals surface area contributed by atoms with Crippen molar-refractivity contribution in [3.05, 3.63) is 96.7 Å². The lowest BCUT2D eigenvalue weighted by atomic mass is 9.85. The zero-order chi connectivity index (χ0) is 28.3. The van der Waals surface area contributed by atoms with E-state index in [0.29, 0.717) is 18.7 Å². The summed E-state index contributed by atoms with van der Waals surface area (Å²) in [7, 11) is 0. The number of amides is 2. The largest absolute Gasteiger partial charge is 0.330 e. The summed E-state index contributed by atoms with van der Waals surface area (Å²) in [6.45, 7) is 11.1. The molecule has 0 aliphatic carbocycles. The Morgan fingerprint density at radius 3 is 2.49 bits per heavy atom. The molecule has 2 amide bonds. The van der Waals surface area contributed by atoms with Crippen LogP contribution in [0.4, 0.5) is 5.69 Å². The number of carbonyl (C=O) groups is 2. The summed E-state index contributed by atoms with van der Waals surface area (Å²) >= 11 is 1.72. The molecule has 0 spiro atoms. The molecular weight excluding hydrogens is 510 g/mol. The maximum Gasteiger partial charge on any atom is 0.273 e. The number of carbonyl (C=O) groups excluding carboxylic acids is 2. The van der Waals surface area contributed by atoms with Crippen molar-refractivity contribution in [3.8, 4) is 0 Å². The Morgan fingerprint density at radius 1 is 1.13 bits per heavy atom. The molecule has 0 bridgehead atoms. The molecule has 1 aliphatic rings. The number of rotatable bonds is 8. The molecule has 0 fully saturated rings. The predicted octanol–water partition coefficient (Wildman–Crippen LogP) is 6.68. The van der Waals surface area contributed by atoms with Crippen molar-refractivity contribution in [2.75, 3.05) is 19.6 Å². The number of hydrogen-bond acceptors (Lipinski definition) is 5. The van der Waals surface area contributed by atoms with Crippen molar-refractivity contribution in [2.24, 2.45) is 0 Å². The zero-order valence-corrected chi connectivity index (χ0v) is 24.2. The van der Waals surface area contributed by atoms with E-state index in [1.807, 2.05) is 11.8 Å². The van der Waals surface area contributed by atoms with E-state index in [4.69, 9.17) is 0 Å². The lowest BCUT2D eigenvalue weighted by Crippen LogP contribution is -2.47. The van der Waals surface area contributed by atoms with E-state index in [1.54, 1.807) is 35.3 Å². The Bertz CT molecular complexity index is 1360. The quantitative estimate of drug-likeness (QED) is 0.233. The Balaban J connectivity index is 1.63. The molecule has 39 heavy (non-hydrogen) atoms. The van der Waals surface area contributed by atoms with Crippen LogP contribution in [0.5, 0.6) is 0 Å². The molecule has 0 N–H and O–H groups in total. The summed E-state index contributed by atoms with van der Waals surface area (Å²) in [5.74, 6) is -0.484. The summed E-state index contributed by atoms with van der Waals surface area (Å²) in [6, 6.07) is 14.9. The fourth-order valence-electron chi connectivity index (χ4n) is 5.09. The van der Waals surface area contributed by atoms with Gasteiger partial charge in [-0.3, -0.25) is 19.7 Å². The van der Waals surface area contributed by atoms with Gasteiger partial charge < -0.3 is 9.80 Å². The van der Waals surface area contributed by atoms with Gasteiger partial charge in [0.15, 0.2) is 0 Å². The van der Waals surface area contributed by atoms with Gasteiger partial charge >= 0.3 is 0 Å². The number of fused-ring (bicyclic) bond motifs is 1. The highest BCUT2D eigenvalue weighted by Gasteiger charge is 2.34. The standard InChI is InChI=1S/C31H37N3O4S/c1-6-7-16-32(30(36)23-9-8-21(2)26(19-23)34(37)38)20-28(35)33-17-14-27-25(15-18-39-27)29(33)22-10-12-24(13-11-22)31(3,4)5/h8-13,15,18-19,29H,6-7,14,16-17,20H2,1-5H3. The van der Waals surface area contributed by atoms with Crippen molar-refractivity contribution in [1.29, 1.82) is 0 Å². The van der Waals surface area contributed by atoms with E-state index in [0.717, 1.165) is 30.4 Å². The molecule has 4 rings (SSSR count). The van der Waals surface area contributed by atoms with E-state index >= 15 is 0 Å². The van der Waals surface area contributed by atoms with Gasteiger partial charge in [-0.25, -0.2) is 0 Å². The monoisotopic (exact) mass is 547 g/mol. The summed E-state index contributed by atoms with van der Waals surface area (Å²) in [6.07, 6.45) is 2.37. The summed E-state index contributed by atoms with van der Waals surface area (Å²) in [5.41, 5.74) is 4.08. The highest BCUT2D eigenvalue weighted by atomic mass is 32.1. The van der Waals surface area contributed by atoms with Gasteiger partial charge in [0.1, 0.15) is 6.54 Å². The maximum absolute atomic E-state index is 13.9. The molecule has 0 radical (unpaired) electrons. The lowest BCUT2D eigenvalue weighted by molar-refractivity contribution is -0.385. The number of benzene rings is 2. The minimum Gasteiger partial charge on any atom is -0.330 e. The molecular formula is C31H37N3O4S. The lowest BCUT2D eigenvalue weighted by Gasteiger charge is -2.38. The first-order valence-corrected chi connectivity index (χ1v) is 14.4. The molecule has 8 heteroatoms. The molecule has 7 nitrogen and oxygen atoms in total. The van der Waals surface area contributed by atoms with Crippen LogP contribution in [0, 0.1) is 17.0 Å². The first-order chi connectivity index (χ1) is 18.5. The smallest absolute Gasteiger partial charge is 0.273 e. The molecule has 1 unspecified atom stereocenters. The van der Waals surface area contributed by atoms with Gasteiger partial charge in [-0.15, -0.1) is 11.3 Å². The van der Waals surface area contributed by atoms with E-state index in [9.17, 15) is 19.7 Å². The van der Waals surface area contributed by atoms with Gasteiger partial charge in [0.05, 0.1) is 11.0 Å². The van der Waals surface area contributed by atoms with Crippen LogP contribution in [-0.4, -0.2) is 46.2 Å². The normalized spacial score (nSPS) is 15.1. The topological polar surface area (TPSA) is 83.8 Å². The number of nitrogens with zero attached hydrogens (tertiary/aromatic N) is 3. The Labute approximate surface area is 234 Å². The highest BCUT2D eigenvalue weighted by Crippen LogP contribution is 2.38. The van der Waals surface area contributed by atoms with E-state index in [1.165, 1.54) is 16.5 Å². The molecule has 1 aliphatic heterocycles. The van der Waals surface area contributed by atoms with E-state index in [2.05, 4.69) is 56.5 Å². The van der Waals surface area contributed by atoms with Crippen LogP contribution in [0.25, 0.3) is 0 Å². The summed E-state index contributed by atoms with van der Waals surface area (Å²) < 4.78 is 0. The predicted molar refractivity (Wildman–Crippen MR) is 155 cm³/mol. The highest BCUT2D eigenvalue weighted by molar-refractivity contribution is 7.10. The summed E-state index contributed by atoms with van der Waals surface area (Å²) in [5, 5.41) is 13.5. The molecule has 2 aromatic carbocycles. The van der Waals surface area contributed by atoms with Crippen molar-refractivity contribution < 1.29 is 14.5 Å². The zero-order valence-electron chi connectivity index (χ0n) is 23.4. The Hall–Kier alpha value is -3.52. The number of thiophene rings is 1. The van der Waals surface area contributed by atoms with Crippen molar-refractivity contribution in [2.45, 2.75) is 65.3 Å². The SMILES string of the molecule is CCCCN(CC(=O)N1CCc2sccc2C1c1ccc(C(C)(C)C)cc1)C(=O)c1ccc(C)c([N+](=O)[O-])c1. The third-order valence-electron chi connectivity index (χ3n) is 7.43. The molecule has 2 heterocycles. The number of nitro benzene ring substituents is 1. The molecule has 1 atom stereocenters. The number of nitro groups is 1. The third kappa shape index (κ3) is 6.22. The average Bonchev–Trinajstić information content (AvgIpc) is 3.38. The fraction of sp³-hybridized carbons (Fsp3) is 0.419. The van der Waals surface area contributed by atoms with Gasteiger partial charge in [0, 0.05) is 35.2 Å². The van der Waals surface area contributed by atoms with Crippen molar-refractivity contribution >= 4 is 28.8 Å². The number of unbranched alkanes of at least 4 members (excludes halogenated alkanes) is 1. The Kier molecular flexibility index (Phi) is 8.54. The van der Waals surface area contributed by atoms with Crippen LogP contribution in [0.2, 0.25) is 0 Å². The minimum absolute atomic E-state index is 0.0271. The summed E-state index contributed by atoms with van der Waals surface area (Å²) in [4.78, 5) is 43.2. The molecule has 0 saturated heterocycles. The minimum atomic E-state index is -0.477. The van der Waals surface area contributed by atoms with Crippen molar-refractivity contribution in [1.82, 2.24) is 9.80 Å². The van der Waals surface area contributed by atoms with Gasteiger partial charge in [0.2, 0.25) is 5.91 Å². The number of aryl methyl sites for hydroxylation is 1. The maximum atomic E-state index is 13.9. The fourth-order valence-corrected chi connectivity index (χ4v) is 5.99. The third-order valence-corrected chi connectivity index (χ3v) is 8.42. The van der Waals surface area contributed by atoms with Crippen LogP contribution in [0.3, 0.4) is 0 Å². The van der Waals surface area contributed by atoms with Gasteiger partial charge in [-0.2, -0.15) is 0 Å². The van der Waals surface area contributed by atoms with Gasteiger partial charge in [0.25, 0.3) is 11.6 Å². The van der Waals surface area contributed by atoms with E-state index in [-0.39, 0.29) is 41.1 Å². The van der Waals surface area contributed by atoms with Crippen molar-refractivity contribution in [3.63, 3.8) is 0 Å². The second-order valence-electron chi connectivity index (χ2n) is 11.2. The molecule has 3 aromatic rings. The second kappa shape index (κ2) is 11.7. The van der Waals surface area contributed by atoms with Crippen LogP contribution in [0.1, 0.15) is 84.1 Å². The molecule has 0 saturated carbocycles. The molecule has 206 valence electrons. The first kappa shape index (κ1) is 28.5. The first-order valence-electron chi connectivity index (χ1n) is 13.5. The van der Waals surface area contributed by atoms with Crippen LogP contribution in [-0.2, 0) is 16.6 Å². The number of hydrogen-bond donors (Lipinski definition) is 0. The van der Waals surface area contributed by atoms with E-state index < -0.39 is 4.92 Å². The van der Waals surface area contributed by atoms with Crippen LogP contribution >= 0.6 is 11.3 Å². The van der Waals surface area contributed by atoms with Gasteiger partial charge in [-0.05, 0) is 59.4 Å². The molecule has 1 aromatic heterocycles. The Morgan fingerprint density at radius 2 is 1.85 bits per heavy atom. The van der Waals surface area contributed by atoms with Crippen LogP contribution < -0.4 is 0 Å².